The molecule has 1 heterocycles. The average molecular weight is 289 g/mol. The molecule has 0 aliphatic carbocycles. The van der Waals surface area contributed by atoms with Gasteiger partial charge in [-0.15, -0.1) is 0 Å². The van der Waals surface area contributed by atoms with Gasteiger partial charge in [-0.25, -0.2) is 0 Å². The maximum Gasteiger partial charge on any atom is 0.253 e. The van der Waals surface area contributed by atoms with E-state index in [1.165, 1.54) is 4.90 Å². The highest BCUT2D eigenvalue weighted by molar-refractivity contribution is 5.97. The van der Waals surface area contributed by atoms with Gasteiger partial charge in [0.25, 0.3) is 11.8 Å². The first-order chi connectivity index (χ1) is 9.99. The molecule has 0 saturated carbocycles. The number of nitrogens with one attached hydrogen (secondary N) is 2. The Morgan fingerprint density at radius 2 is 1.81 bits per heavy atom. The Balaban J connectivity index is 2.01. The van der Waals surface area contributed by atoms with Gasteiger partial charge in [-0.05, 0) is 43.1 Å². The average Bonchev–Trinajstić information content (AvgIpc) is 2.49. The fourth-order valence-corrected chi connectivity index (χ4v) is 2.46. The van der Waals surface area contributed by atoms with Crippen molar-refractivity contribution in [2.75, 3.05) is 27.2 Å². The molecule has 5 heteroatoms. The Labute approximate surface area is 125 Å². The first-order valence-corrected chi connectivity index (χ1v) is 7.32. The largest absolute Gasteiger partial charge is 0.348 e. The molecular weight excluding hydrogens is 266 g/mol. The molecule has 0 aromatic heterocycles. The van der Waals surface area contributed by atoms with Gasteiger partial charge in [0.05, 0.1) is 0 Å². The van der Waals surface area contributed by atoms with Crippen LogP contribution in [0.4, 0.5) is 0 Å². The molecule has 2 unspecified atom stereocenters. The number of carbonyl (C=O) groups is 2. The second-order valence-corrected chi connectivity index (χ2v) is 5.83. The summed E-state index contributed by atoms with van der Waals surface area (Å²) in [5, 5.41) is 6.35. The maximum absolute atomic E-state index is 12.2. The lowest BCUT2D eigenvalue weighted by atomic mass is 9.94. The molecule has 1 saturated heterocycles. The van der Waals surface area contributed by atoms with E-state index in [1.807, 2.05) is 0 Å². The van der Waals surface area contributed by atoms with Gasteiger partial charge in [0.15, 0.2) is 0 Å². The number of carbonyl (C=O) groups excluding carboxylic acids is 2. The molecule has 2 N–H and O–H groups in total. The van der Waals surface area contributed by atoms with Crippen LogP contribution in [0.15, 0.2) is 24.3 Å². The molecule has 1 fully saturated rings. The van der Waals surface area contributed by atoms with E-state index in [2.05, 4.69) is 17.6 Å². The number of piperidine rings is 1. The van der Waals surface area contributed by atoms with Crippen LogP contribution in [0.2, 0.25) is 0 Å². The van der Waals surface area contributed by atoms with Crippen molar-refractivity contribution in [2.45, 2.75) is 19.4 Å². The minimum absolute atomic E-state index is 0.0629. The van der Waals surface area contributed by atoms with Crippen molar-refractivity contribution in [1.29, 1.82) is 0 Å². The molecule has 0 radical (unpaired) electrons. The molecule has 1 aromatic rings. The zero-order chi connectivity index (χ0) is 15.4. The molecule has 21 heavy (non-hydrogen) atoms. The molecule has 0 bridgehead atoms. The summed E-state index contributed by atoms with van der Waals surface area (Å²) in [6.07, 6.45) is 1.07. The van der Waals surface area contributed by atoms with Gasteiger partial charge in [-0.3, -0.25) is 9.59 Å². The van der Waals surface area contributed by atoms with Gasteiger partial charge >= 0.3 is 0 Å². The Morgan fingerprint density at radius 1 is 1.19 bits per heavy atom. The molecule has 5 nitrogen and oxygen atoms in total. The van der Waals surface area contributed by atoms with E-state index >= 15 is 0 Å². The predicted molar refractivity (Wildman–Crippen MR) is 82.4 cm³/mol. The van der Waals surface area contributed by atoms with Crippen LogP contribution in [-0.2, 0) is 0 Å². The summed E-state index contributed by atoms with van der Waals surface area (Å²) in [6, 6.07) is 6.95. The topological polar surface area (TPSA) is 61.4 Å². The zero-order valence-corrected chi connectivity index (χ0v) is 12.8. The van der Waals surface area contributed by atoms with E-state index in [1.54, 1.807) is 38.4 Å². The fraction of sp³-hybridized carbons (Fsp3) is 0.500. The van der Waals surface area contributed by atoms with Crippen molar-refractivity contribution in [2.24, 2.45) is 5.92 Å². The Kier molecular flexibility index (Phi) is 4.96. The number of nitrogens with zero attached hydrogens (tertiary/aromatic N) is 1. The number of benzene rings is 1. The minimum Gasteiger partial charge on any atom is -0.348 e. The molecule has 1 aliphatic rings. The van der Waals surface area contributed by atoms with E-state index in [4.69, 9.17) is 0 Å². The van der Waals surface area contributed by atoms with Crippen LogP contribution >= 0.6 is 0 Å². The van der Waals surface area contributed by atoms with Gasteiger partial charge in [0, 0.05) is 37.8 Å². The van der Waals surface area contributed by atoms with Crippen molar-refractivity contribution in [3.05, 3.63) is 35.4 Å². The third-order valence-electron chi connectivity index (χ3n) is 3.94. The van der Waals surface area contributed by atoms with Gasteiger partial charge < -0.3 is 15.5 Å². The summed E-state index contributed by atoms with van der Waals surface area (Å²) >= 11 is 0. The predicted octanol–water partition coefficient (Wildman–Crippen LogP) is 1.12. The van der Waals surface area contributed by atoms with E-state index in [0.29, 0.717) is 17.0 Å². The maximum atomic E-state index is 12.2. The minimum atomic E-state index is -0.0839. The second kappa shape index (κ2) is 6.72. The lowest BCUT2D eigenvalue weighted by Crippen LogP contribution is -2.50. The number of rotatable bonds is 3. The standard InChI is InChI=1S/C16H23N3O2/c1-11-8-9-17-10-14(11)18-15(20)12-4-6-13(7-5-12)16(21)19(2)3/h4-7,11,14,17H,8-10H2,1-3H3,(H,18,20). The molecule has 0 spiro atoms. The van der Waals surface area contributed by atoms with Crippen LogP contribution in [0.25, 0.3) is 0 Å². The smallest absolute Gasteiger partial charge is 0.253 e. The monoisotopic (exact) mass is 289 g/mol. The first-order valence-electron chi connectivity index (χ1n) is 7.32. The summed E-state index contributed by atoms with van der Waals surface area (Å²) in [5.74, 6) is 0.330. The number of hydrogen-bond donors (Lipinski definition) is 2. The van der Waals surface area contributed by atoms with E-state index in [9.17, 15) is 9.59 Å². The summed E-state index contributed by atoms with van der Waals surface area (Å²) < 4.78 is 0. The van der Waals surface area contributed by atoms with Gasteiger partial charge in [0.1, 0.15) is 0 Å². The van der Waals surface area contributed by atoms with Crippen molar-refractivity contribution in [1.82, 2.24) is 15.5 Å². The molecule has 1 aliphatic heterocycles. The first kappa shape index (κ1) is 15.5. The van der Waals surface area contributed by atoms with Crippen molar-refractivity contribution in [3.63, 3.8) is 0 Å². The molecule has 2 amide bonds. The third kappa shape index (κ3) is 3.82. The van der Waals surface area contributed by atoms with Crippen LogP contribution in [0.3, 0.4) is 0 Å². The van der Waals surface area contributed by atoms with Crippen LogP contribution in [0.1, 0.15) is 34.1 Å². The van der Waals surface area contributed by atoms with Gasteiger partial charge in [0.2, 0.25) is 0 Å². The van der Waals surface area contributed by atoms with Crippen LogP contribution in [-0.4, -0.2) is 49.9 Å². The quantitative estimate of drug-likeness (QED) is 0.876. The van der Waals surface area contributed by atoms with Crippen LogP contribution in [0, 0.1) is 5.92 Å². The Morgan fingerprint density at radius 3 is 2.38 bits per heavy atom. The molecule has 114 valence electrons. The lowest BCUT2D eigenvalue weighted by Gasteiger charge is -2.30. The summed E-state index contributed by atoms with van der Waals surface area (Å²) in [4.78, 5) is 25.6. The summed E-state index contributed by atoms with van der Waals surface area (Å²) in [6.45, 7) is 3.98. The van der Waals surface area contributed by atoms with Crippen molar-refractivity contribution >= 4 is 11.8 Å². The second-order valence-electron chi connectivity index (χ2n) is 5.83. The van der Waals surface area contributed by atoms with Crippen LogP contribution in [0.5, 0.6) is 0 Å². The Bertz CT molecular complexity index is 511. The molecule has 2 rings (SSSR count). The third-order valence-corrected chi connectivity index (χ3v) is 3.94. The van der Waals surface area contributed by atoms with E-state index in [-0.39, 0.29) is 17.9 Å². The SMILES string of the molecule is CC1CCNCC1NC(=O)c1ccc(C(=O)N(C)C)cc1. The van der Waals surface area contributed by atoms with Crippen molar-refractivity contribution < 1.29 is 9.59 Å². The van der Waals surface area contributed by atoms with E-state index in [0.717, 1.165) is 19.5 Å². The number of amides is 2. The van der Waals surface area contributed by atoms with Crippen molar-refractivity contribution in [3.8, 4) is 0 Å². The summed E-state index contributed by atoms with van der Waals surface area (Å²) in [5.41, 5.74) is 1.17. The van der Waals surface area contributed by atoms with Gasteiger partial charge in [-0.1, -0.05) is 6.92 Å². The van der Waals surface area contributed by atoms with Crippen LogP contribution < -0.4 is 10.6 Å². The highest BCUT2D eigenvalue weighted by atomic mass is 16.2. The normalized spacial score (nSPS) is 21.7. The van der Waals surface area contributed by atoms with Gasteiger partial charge in [-0.2, -0.15) is 0 Å². The van der Waals surface area contributed by atoms with E-state index < -0.39 is 0 Å². The molecule has 2 atom stereocenters. The highest BCUT2D eigenvalue weighted by Crippen LogP contribution is 2.13. The zero-order valence-electron chi connectivity index (χ0n) is 12.8. The fourth-order valence-electron chi connectivity index (χ4n) is 2.46. The highest BCUT2D eigenvalue weighted by Gasteiger charge is 2.23. The summed E-state index contributed by atoms with van der Waals surface area (Å²) in [7, 11) is 3.42. The Hall–Kier alpha value is -1.88. The lowest BCUT2D eigenvalue weighted by molar-refractivity contribution is 0.0826. The molecule has 1 aromatic carbocycles. The number of hydrogen-bond acceptors (Lipinski definition) is 3. The molecular formula is C16H23N3O2.